The Labute approximate surface area is 301 Å². The lowest BCUT2D eigenvalue weighted by molar-refractivity contribution is -0.146. The van der Waals surface area contributed by atoms with E-state index in [0.29, 0.717) is 24.0 Å². The lowest BCUT2D eigenvalue weighted by Crippen LogP contribution is -2.60. The number of carboxylic acid groups (broad SMARTS) is 2. The molecule has 0 radical (unpaired) electrons. The van der Waals surface area contributed by atoms with Crippen molar-refractivity contribution in [2.24, 2.45) is 5.92 Å². The lowest BCUT2D eigenvalue weighted by Gasteiger charge is -2.39. The summed E-state index contributed by atoms with van der Waals surface area (Å²) >= 11 is 0. The number of nitrogens with zero attached hydrogens (tertiary/aromatic N) is 2. The summed E-state index contributed by atoms with van der Waals surface area (Å²) in [4.78, 5) is 105. The zero-order valence-corrected chi connectivity index (χ0v) is 29.6. The van der Waals surface area contributed by atoms with E-state index in [-0.39, 0.29) is 38.1 Å². The Balaban J connectivity index is 1.60. The van der Waals surface area contributed by atoms with Crippen LogP contribution in [0.2, 0.25) is 0 Å². The minimum absolute atomic E-state index is 0.0219. The molecule has 0 saturated carbocycles. The van der Waals surface area contributed by atoms with Crippen molar-refractivity contribution in [3.63, 3.8) is 0 Å². The number of hydrogen-bond donors (Lipinski definition) is 5. The number of anilines is 1. The van der Waals surface area contributed by atoms with Crippen LogP contribution in [0.5, 0.6) is 0 Å². The molecule has 15 nitrogen and oxygen atoms in total. The Morgan fingerprint density at radius 2 is 1.63 bits per heavy atom. The molecule has 5 N–H and O–H groups in total. The van der Waals surface area contributed by atoms with Crippen LogP contribution in [0, 0.1) is 12.8 Å². The maximum absolute atomic E-state index is 14.4. The molecule has 0 bridgehead atoms. The largest absolute Gasteiger partial charge is 0.481 e. The van der Waals surface area contributed by atoms with E-state index in [4.69, 9.17) is 0 Å². The standard InChI is InChI=1S/C37H45N5O10/c1-20(2)32(37(52)41-15-14-23-16-21(3)12-13-26(23)33(41)36(51)38-25(19-43)18-31(47)48)40-34(49)27(9-7-11-30(45)46)39-35(50)29-17-24-8-5-6-10-28(24)42(29)22(4)44/h5-6,8,10,12-13,16,19-20,25,27,29,32-33H,7,9,11,14-15,17-18H2,1-4H3,(H,38,51)(H,39,50)(H,40,49)(H,45,46)(H,47,48)/t25-,27-,29-,32-,33-/m0/s1. The first-order chi connectivity index (χ1) is 24.6. The van der Waals surface area contributed by atoms with Gasteiger partial charge in [-0.3, -0.25) is 38.5 Å². The summed E-state index contributed by atoms with van der Waals surface area (Å²) in [5.41, 5.74) is 3.56. The Hall–Kier alpha value is -5.60. The van der Waals surface area contributed by atoms with Crippen LogP contribution in [0.3, 0.4) is 0 Å². The molecule has 0 aromatic heterocycles. The van der Waals surface area contributed by atoms with Crippen molar-refractivity contribution in [1.29, 1.82) is 0 Å². The van der Waals surface area contributed by atoms with Crippen molar-refractivity contribution in [3.05, 3.63) is 64.7 Å². The molecule has 5 atom stereocenters. The number of carboxylic acids is 2. The van der Waals surface area contributed by atoms with E-state index in [1.54, 1.807) is 50.2 Å². The van der Waals surface area contributed by atoms with Gasteiger partial charge in [-0.05, 0) is 54.9 Å². The van der Waals surface area contributed by atoms with Crippen LogP contribution in [-0.2, 0) is 51.2 Å². The SMILES string of the molecule is CC(=O)N1c2ccccc2C[C@H]1C(=O)N[C@@H](CCCC(=O)O)C(=O)N[C@H](C(=O)N1CCc2cc(C)ccc2[C@H]1C(=O)N[C@H](C=O)CC(=O)O)C(C)C. The summed E-state index contributed by atoms with van der Waals surface area (Å²) in [6, 6.07) is 6.36. The van der Waals surface area contributed by atoms with Crippen LogP contribution in [0.4, 0.5) is 5.69 Å². The molecule has 2 aliphatic rings. The second-order valence-electron chi connectivity index (χ2n) is 13.6. The third kappa shape index (κ3) is 9.19. The van der Waals surface area contributed by atoms with Gasteiger partial charge in [-0.25, -0.2) is 0 Å². The maximum Gasteiger partial charge on any atom is 0.305 e. The second kappa shape index (κ2) is 17.1. The van der Waals surface area contributed by atoms with Gasteiger partial charge in [0.25, 0.3) is 0 Å². The summed E-state index contributed by atoms with van der Waals surface area (Å²) in [5, 5.41) is 26.3. The highest BCUT2D eigenvalue weighted by Gasteiger charge is 2.42. The fourth-order valence-electron chi connectivity index (χ4n) is 6.78. The number of aliphatic carboxylic acids is 2. The molecule has 4 rings (SSSR count). The number of amides is 5. The summed E-state index contributed by atoms with van der Waals surface area (Å²) < 4.78 is 0. The van der Waals surface area contributed by atoms with Crippen molar-refractivity contribution in [1.82, 2.24) is 20.9 Å². The smallest absolute Gasteiger partial charge is 0.305 e. The van der Waals surface area contributed by atoms with Crippen LogP contribution in [0.1, 0.15) is 74.8 Å². The zero-order chi connectivity index (χ0) is 38.3. The molecule has 278 valence electrons. The predicted octanol–water partition coefficient (Wildman–Crippen LogP) is 1.44. The molecule has 0 fully saturated rings. The fraction of sp³-hybridized carbons (Fsp3) is 0.459. The quantitative estimate of drug-likeness (QED) is 0.167. The molecular weight excluding hydrogens is 674 g/mol. The van der Waals surface area contributed by atoms with Gasteiger partial charge in [0.1, 0.15) is 30.5 Å². The van der Waals surface area contributed by atoms with Gasteiger partial charge in [-0.2, -0.15) is 0 Å². The molecule has 2 aromatic rings. The van der Waals surface area contributed by atoms with Gasteiger partial charge in [0, 0.05) is 32.0 Å². The highest BCUT2D eigenvalue weighted by molar-refractivity contribution is 6.03. The van der Waals surface area contributed by atoms with Gasteiger partial charge < -0.3 is 35.9 Å². The zero-order valence-electron chi connectivity index (χ0n) is 29.6. The third-order valence-corrected chi connectivity index (χ3v) is 9.31. The molecule has 5 amide bonds. The van der Waals surface area contributed by atoms with Gasteiger partial charge in [-0.15, -0.1) is 0 Å². The normalized spacial score (nSPS) is 17.9. The number of aryl methyl sites for hydroxylation is 1. The Bertz CT molecular complexity index is 1740. The van der Waals surface area contributed by atoms with Crippen molar-refractivity contribution < 1.29 is 48.6 Å². The number of hydrogen-bond acceptors (Lipinski definition) is 8. The number of nitrogens with one attached hydrogen (secondary N) is 3. The van der Waals surface area contributed by atoms with Gasteiger partial charge in [0.15, 0.2) is 0 Å². The van der Waals surface area contributed by atoms with Crippen molar-refractivity contribution in [2.75, 3.05) is 11.4 Å². The Morgan fingerprint density at radius 3 is 2.27 bits per heavy atom. The van der Waals surface area contributed by atoms with Gasteiger partial charge in [0.05, 0.1) is 12.5 Å². The molecule has 2 aliphatic heterocycles. The molecule has 0 spiro atoms. The molecule has 2 aromatic carbocycles. The van der Waals surface area contributed by atoms with E-state index in [1.165, 1.54) is 16.7 Å². The summed E-state index contributed by atoms with van der Waals surface area (Å²) in [6.07, 6.45) is -0.111. The first kappa shape index (κ1) is 39.2. The first-order valence-corrected chi connectivity index (χ1v) is 17.2. The van der Waals surface area contributed by atoms with E-state index in [1.807, 2.05) is 13.0 Å². The molecule has 52 heavy (non-hydrogen) atoms. The van der Waals surface area contributed by atoms with Crippen molar-refractivity contribution in [3.8, 4) is 0 Å². The van der Waals surface area contributed by atoms with Crippen LogP contribution < -0.4 is 20.9 Å². The first-order valence-electron chi connectivity index (χ1n) is 17.2. The molecular formula is C37H45N5O10. The van der Waals surface area contributed by atoms with E-state index in [9.17, 15) is 48.6 Å². The highest BCUT2D eigenvalue weighted by atomic mass is 16.4. The number of carbonyl (C=O) groups excluding carboxylic acids is 6. The molecule has 2 heterocycles. The highest BCUT2D eigenvalue weighted by Crippen LogP contribution is 2.33. The van der Waals surface area contributed by atoms with Crippen LogP contribution in [-0.4, -0.2) is 93.6 Å². The topological polar surface area (TPSA) is 220 Å². The minimum Gasteiger partial charge on any atom is -0.481 e. The van der Waals surface area contributed by atoms with Gasteiger partial charge in [-0.1, -0.05) is 55.8 Å². The number of benzene rings is 2. The number of para-hydroxylation sites is 1. The summed E-state index contributed by atoms with van der Waals surface area (Å²) in [7, 11) is 0. The number of fused-ring (bicyclic) bond motifs is 2. The van der Waals surface area contributed by atoms with E-state index in [2.05, 4.69) is 16.0 Å². The third-order valence-electron chi connectivity index (χ3n) is 9.31. The number of rotatable bonds is 15. The van der Waals surface area contributed by atoms with Crippen molar-refractivity contribution >= 4 is 53.4 Å². The predicted molar refractivity (Wildman–Crippen MR) is 187 cm³/mol. The van der Waals surface area contributed by atoms with Crippen LogP contribution in [0.25, 0.3) is 0 Å². The van der Waals surface area contributed by atoms with Gasteiger partial charge in [0.2, 0.25) is 29.5 Å². The number of carbonyl (C=O) groups is 8. The molecule has 0 saturated heterocycles. The second-order valence-corrected chi connectivity index (χ2v) is 13.6. The number of aldehydes is 1. The Morgan fingerprint density at radius 1 is 0.923 bits per heavy atom. The molecule has 0 aliphatic carbocycles. The van der Waals surface area contributed by atoms with E-state index in [0.717, 1.165) is 16.7 Å². The summed E-state index contributed by atoms with van der Waals surface area (Å²) in [6.45, 7) is 6.65. The van der Waals surface area contributed by atoms with Crippen LogP contribution >= 0.6 is 0 Å². The average molecular weight is 720 g/mol. The molecule has 15 heteroatoms. The Kier molecular flexibility index (Phi) is 12.9. The van der Waals surface area contributed by atoms with Crippen molar-refractivity contribution in [2.45, 2.75) is 96.4 Å². The maximum atomic E-state index is 14.4. The van der Waals surface area contributed by atoms with E-state index >= 15 is 0 Å². The molecule has 0 unspecified atom stereocenters. The van der Waals surface area contributed by atoms with Gasteiger partial charge >= 0.3 is 11.9 Å². The average Bonchev–Trinajstić information content (AvgIpc) is 3.48. The fourth-order valence-corrected chi connectivity index (χ4v) is 6.78. The van der Waals surface area contributed by atoms with Crippen LogP contribution in [0.15, 0.2) is 42.5 Å². The monoisotopic (exact) mass is 719 g/mol. The van der Waals surface area contributed by atoms with E-state index < -0.39 is 78.1 Å². The lowest BCUT2D eigenvalue weighted by atomic mass is 9.89. The summed E-state index contributed by atoms with van der Waals surface area (Å²) in [5.74, 6) is -6.07. The minimum atomic E-state index is -1.35.